The third kappa shape index (κ3) is 5.17. The summed E-state index contributed by atoms with van der Waals surface area (Å²) >= 11 is 0. The maximum Gasteiger partial charge on any atom is 0.0897 e. The molecule has 2 N–H and O–H groups in total. The van der Waals surface area contributed by atoms with Crippen molar-refractivity contribution < 1.29 is 9.84 Å². The minimum atomic E-state index is -0.441. The third-order valence-electron chi connectivity index (χ3n) is 2.89. The van der Waals surface area contributed by atoms with Gasteiger partial charge in [0, 0.05) is 20.2 Å². The highest BCUT2D eigenvalue weighted by Crippen LogP contribution is 2.22. The Morgan fingerprint density at radius 3 is 2.33 bits per heavy atom. The predicted molar refractivity (Wildman–Crippen MR) is 74.7 cm³/mol. The lowest BCUT2D eigenvalue weighted by Gasteiger charge is -2.19. The number of hydrogen-bond acceptors (Lipinski definition) is 3. The van der Waals surface area contributed by atoms with Crippen molar-refractivity contribution in [1.29, 1.82) is 0 Å². The van der Waals surface area contributed by atoms with Crippen molar-refractivity contribution in [2.45, 2.75) is 38.8 Å². The molecule has 1 unspecified atom stereocenters. The zero-order valence-corrected chi connectivity index (χ0v) is 11.9. The van der Waals surface area contributed by atoms with Crippen LogP contribution in [-0.2, 0) is 16.7 Å². The van der Waals surface area contributed by atoms with Gasteiger partial charge in [-0.2, -0.15) is 0 Å². The molecule has 18 heavy (non-hydrogen) atoms. The molecule has 1 rings (SSSR count). The summed E-state index contributed by atoms with van der Waals surface area (Å²) in [4.78, 5) is 0. The van der Waals surface area contributed by atoms with Gasteiger partial charge in [0.1, 0.15) is 0 Å². The van der Waals surface area contributed by atoms with Crippen LogP contribution in [0.4, 0.5) is 0 Å². The number of hydrogen-bond donors (Lipinski definition) is 2. The molecule has 1 atom stereocenters. The van der Waals surface area contributed by atoms with Gasteiger partial charge in [-0.05, 0) is 16.5 Å². The number of ether oxygens (including phenoxy) is 1. The molecule has 0 spiro atoms. The monoisotopic (exact) mass is 251 g/mol. The lowest BCUT2D eigenvalue weighted by molar-refractivity contribution is 0.0644. The standard InChI is InChI=1S/C15H25NO2/c1-15(2,3)13-7-5-12(6-8-13)9-16-10-14(17)11-18-4/h5-8,14,16-17H,9-11H2,1-4H3. The topological polar surface area (TPSA) is 41.5 Å². The first-order valence-corrected chi connectivity index (χ1v) is 6.40. The van der Waals surface area contributed by atoms with Crippen molar-refractivity contribution in [2.75, 3.05) is 20.3 Å². The van der Waals surface area contributed by atoms with Crippen LogP contribution in [0.3, 0.4) is 0 Å². The molecule has 0 fully saturated rings. The highest BCUT2D eigenvalue weighted by molar-refractivity contribution is 5.27. The molecule has 0 aliphatic carbocycles. The van der Waals surface area contributed by atoms with Crippen LogP contribution in [0, 0.1) is 0 Å². The molecule has 0 aliphatic rings. The van der Waals surface area contributed by atoms with E-state index in [4.69, 9.17) is 4.74 Å². The summed E-state index contributed by atoms with van der Waals surface area (Å²) in [5.41, 5.74) is 2.76. The Hall–Kier alpha value is -0.900. The van der Waals surface area contributed by atoms with Gasteiger partial charge in [-0.15, -0.1) is 0 Å². The van der Waals surface area contributed by atoms with Crippen molar-refractivity contribution >= 4 is 0 Å². The van der Waals surface area contributed by atoms with Crippen LogP contribution in [0.2, 0.25) is 0 Å². The van der Waals surface area contributed by atoms with Gasteiger partial charge < -0.3 is 15.2 Å². The first-order chi connectivity index (χ1) is 8.43. The van der Waals surface area contributed by atoms with Crippen LogP contribution in [0.5, 0.6) is 0 Å². The van der Waals surface area contributed by atoms with E-state index in [-0.39, 0.29) is 5.41 Å². The molecular weight excluding hydrogens is 226 g/mol. The molecule has 0 aromatic heterocycles. The maximum absolute atomic E-state index is 9.49. The van der Waals surface area contributed by atoms with Gasteiger partial charge in [0.15, 0.2) is 0 Å². The van der Waals surface area contributed by atoms with Gasteiger partial charge in [0.25, 0.3) is 0 Å². The molecule has 0 radical (unpaired) electrons. The molecule has 102 valence electrons. The number of methoxy groups -OCH3 is 1. The van der Waals surface area contributed by atoms with E-state index >= 15 is 0 Å². The summed E-state index contributed by atoms with van der Waals surface area (Å²) in [6, 6.07) is 8.61. The number of aliphatic hydroxyl groups excluding tert-OH is 1. The summed E-state index contributed by atoms with van der Waals surface area (Å²) in [6.45, 7) is 8.32. The largest absolute Gasteiger partial charge is 0.389 e. The van der Waals surface area contributed by atoms with Crippen molar-refractivity contribution in [3.8, 4) is 0 Å². The quantitative estimate of drug-likeness (QED) is 0.813. The molecule has 0 amide bonds. The molecule has 0 saturated heterocycles. The van der Waals surface area contributed by atoms with E-state index < -0.39 is 6.10 Å². The van der Waals surface area contributed by atoms with Crippen molar-refractivity contribution in [1.82, 2.24) is 5.32 Å². The van der Waals surface area contributed by atoms with E-state index in [2.05, 4.69) is 50.4 Å². The van der Waals surface area contributed by atoms with Crippen LogP contribution in [0.15, 0.2) is 24.3 Å². The van der Waals surface area contributed by atoms with E-state index in [0.717, 1.165) is 6.54 Å². The summed E-state index contributed by atoms with van der Waals surface area (Å²) in [7, 11) is 1.59. The Labute approximate surface area is 110 Å². The molecule has 1 aromatic rings. The van der Waals surface area contributed by atoms with Crippen molar-refractivity contribution in [3.05, 3.63) is 35.4 Å². The van der Waals surface area contributed by atoms with Crippen LogP contribution in [0.25, 0.3) is 0 Å². The number of aliphatic hydroxyl groups is 1. The fourth-order valence-electron chi connectivity index (χ4n) is 1.76. The predicted octanol–water partition coefficient (Wildman–Crippen LogP) is 2.08. The van der Waals surface area contributed by atoms with Crippen LogP contribution >= 0.6 is 0 Å². The normalized spacial score (nSPS) is 13.6. The van der Waals surface area contributed by atoms with Gasteiger partial charge in [0.2, 0.25) is 0 Å². The second kappa shape index (κ2) is 6.88. The molecule has 3 nitrogen and oxygen atoms in total. The van der Waals surface area contributed by atoms with E-state index in [1.165, 1.54) is 11.1 Å². The SMILES string of the molecule is COCC(O)CNCc1ccc(C(C)(C)C)cc1. The number of nitrogens with one attached hydrogen (secondary N) is 1. The summed E-state index contributed by atoms with van der Waals surface area (Å²) in [6.07, 6.45) is -0.441. The lowest BCUT2D eigenvalue weighted by Crippen LogP contribution is -2.29. The fourth-order valence-corrected chi connectivity index (χ4v) is 1.76. The Morgan fingerprint density at radius 1 is 1.22 bits per heavy atom. The fraction of sp³-hybridized carbons (Fsp3) is 0.600. The molecule has 0 saturated carbocycles. The van der Waals surface area contributed by atoms with Crippen molar-refractivity contribution in [3.63, 3.8) is 0 Å². The molecule has 1 aromatic carbocycles. The lowest BCUT2D eigenvalue weighted by atomic mass is 9.87. The Morgan fingerprint density at radius 2 is 1.83 bits per heavy atom. The number of benzene rings is 1. The van der Waals surface area contributed by atoms with Gasteiger partial charge in [0.05, 0.1) is 12.7 Å². The van der Waals surface area contributed by atoms with Crippen LogP contribution < -0.4 is 5.32 Å². The molecule has 0 aliphatic heterocycles. The summed E-state index contributed by atoms with van der Waals surface area (Å²) < 4.78 is 4.87. The smallest absolute Gasteiger partial charge is 0.0897 e. The van der Waals surface area contributed by atoms with Gasteiger partial charge in [-0.3, -0.25) is 0 Å². The third-order valence-corrected chi connectivity index (χ3v) is 2.89. The first kappa shape index (κ1) is 15.2. The minimum Gasteiger partial charge on any atom is -0.389 e. The van der Waals surface area contributed by atoms with Crippen molar-refractivity contribution in [2.24, 2.45) is 0 Å². The second-order valence-corrected chi connectivity index (χ2v) is 5.69. The molecular formula is C15H25NO2. The minimum absolute atomic E-state index is 0.195. The zero-order valence-electron chi connectivity index (χ0n) is 11.9. The second-order valence-electron chi connectivity index (χ2n) is 5.69. The highest BCUT2D eigenvalue weighted by Gasteiger charge is 2.12. The maximum atomic E-state index is 9.49. The Kier molecular flexibility index (Phi) is 5.79. The average molecular weight is 251 g/mol. The highest BCUT2D eigenvalue weighted by atomic mass is 16.5. The Balaban J connectivity index is 2.40. The molecule has 0 heterocycles. The van der Waals surface area contributed by atoms with E-state index in [1.54, 1.807) is 7.11 Å². The van der Waals surface area contributed by atoms with Crippen LogP contribution in [0.1, 0.15) is 31.9 Å². The molecule has 0 bridgehead atoms. The average Bonchev–Trinajstić information content (AvgIpc) is 2.29. The molecule has 3 heteroatoms. The van der Waals surface area contributed by atoms with Gasteiger partial charge in [-0.1, -0.05) is 45.0 Å². The van der Waals surface area contributed by atoms with E-state index in [0.29, 0.717) is 13.2 Å². The number of rotatable bonds is 6. The Bertz CT molecular complexity index is 341. The zero-order chi connectivity index (χ0) is 13.6. The summed E-state index contributed by atoms with van der Waals surface area (Å²) in [5.74, 6) is 0. The summed E-state index contributed by atoms with van der Waals surface area (Å²) in [5, 5.41) is 12.7. The first-order valence-electron chi connectivity index (χ1n) is 6.40. The van der Waals surface area contributed by atoms with E-state index in [1.807, 2.05) is 0 Å². The van der Waals surface area contributed by atoms with E-state index in [9.17, 15) is 5.11 Å². The van der Waals surface area contributed by atoms with Crippen LogP contribution in [-0.4, -0.2) is 31.5 Å². The van der Waals surface area contributed by atoms with Gasteiger partial charge in [-0.25, -0.2) is 0 Å². The van der Waals surface area contributed by atoms with Gasteiger partial charge >= 0.3 is 0 Å².